The van der Waals surface area contributed by atoms with Crippen molar-refractivity contribution in [2.45, 2.75) is 261 Å². The molecule has 0 saturated carbocycles. The maximum absolute atomic E-state index is 5.95. The summed E-state index contributed by atoms with van der Waals surface area (Å²) in [5, 5.41) is 0. The van der Waals surface area contributed by atoms with Crippen LogP contribution in [-0.4, -0.2) is 35.4 Å². The molecule has 0 bridgehead atoms. The Morgan fingerprint density at radius 1 is 0.266 bits per heavy atom. The standard InChI is InChI=1S/C14H18.2C13H17N.C9H12.2C8H11N.8C2H6.4CH3Br.CH4/c1-10(2)13-9-8-12-6-4-5-7-14(12)11(13)3;2*1-9-12(10(2)14)8-7-11-5-3-4-6-13(9)11;1-8(2)9-6-4-3-5-7-9;2*1-7(9)8-5-3-2-4-6-8;12*1-2;/h4-7,9-11H,8H2,1-3H3;2*3-6,8-10H,7,14H2,1-2H3;3-8H,1-2H3;2*2-7H,9H2,1H3;8*1-2H3;4*1H3;1H4. The Morgan fingerprint density at radius 3 is 0.638 bits per heavy atom. The van der Waals surface area contributed by atoms with Crippen LogP contribution in [0.2, 0.25) is 0 Å². The van der Waals surface area contributed by atoms with Crippen LogP contribution in [0.25, 0.3) is 0 Å². The van der Waals surface area contributed by atoms with E-state index in [1.54, 1.807) is 5.57 Å². The van der Waals surface area contributed by atoms with Crippen molar-refractivity contribution in [1.29, 1.82) is 0 Å². The van der Waals surface area contributed by atoms with Gasteiger partial charge in [0.1, 0.15) is 0 Å². The molecule has 542 valence electrons. The molecule has 3 aliphatic rings. The Balaban J connectivity index is -0.000000106. The van der Waals surface area contributed by atoms with Gasteiger partial charge in [-0.25, -0.2) is 0 Å². The highest BCUT2D eigenvalue weighted by molar-refractivity contribution is 9.09. The highest BCUT2D eigenvalue weighted by Gasteiger charge is 2.22. The Labute approximate surface area is 621 Å². The summed E-state index contributed by atoms with van der Waals surface area (Å²) >= 11 is 11.8. The molecule has 0 radical (unpaired) electrons. The second kappa shape index (κ2) is 81.7. The van der Waals surface area contributed by atoms with Gasteiger partial charge in [-0.1, -0.05) is 429 Å². The van der Waals surface area contributed by atoms with Gasteiger partial charge in [0.05, 0.1) is 0 Å². The topological polar surface area (TPSA) is 104 Å². The van der Waals surface area contributed by atoms with Crippen LogP contribution in [0.15, 0.2) is 199 Å². The van der Waals surface area contributed by atoms with E-state index in [0.29, 0.717) is 29.6 Å². The SMILES string of the molecule is C.CBr.CBr.CBr.CBr.CC.CC.CC.CC.CC.CC.CC.CC.CC(C)C1=CCc2ccccc2C1C.CC(C)c1ccccc1.CC(N)C1=CCc2ccccc2C1C.CC(N)C1=CCc2ccccc2C1C.CC(N)c1ccccc1.CC(N)c1ccccc1. The van der Waals surface area contributed by atoms with Gasteiger partial charge in [-0.15, -0.1) is 0 Å². The van der Waals surface area contributed by atoms with E-state index in [4.69, 9.17) is 22.9 Å². The van der Waals surface area contributed by atoms with Gasteiger partial charge in [0.15, 0.2) is 0 Å². The molecule has 8 heteroatoms. The summed E-state index contributed by atoms with van der Waals surface area (Å²) in [6.45, 7) is 55.9. The van der Waals surface area contributed by atoms with Crippen LogP contribution < -0.4 is 22.9 Å². The molecule has 6 aromatic carbocycles. The zero-order valence-corrected chi connectivity index (χ0v) is 71.8. The summed E-state index contributed by atoms with van der Waals surface area (Å²) in [5.74, 6) is 10.2. The molecule has 7 unspecified atom stereocenters. The molecule has 6 aromatic rings. The van der Waals surface area contributed by atoms with Gasteiger partial charge < -0.3 is 22.9 Å². The smallest absolute Gasteiger partial charge is 0.0266 e. The van der Waals surface area contributed by atoms with Gasteiger partial charge in [-0.2, -0.15) is 0 Å². The molecule has 8 N–H and O–H groups in total. The molecule has 7 atom stereocenters. The predicted molar refractivity (Wildman–Crippen MR) is 458 cm³/mol. The molecule has 9 rings (SSSR count). The van der Waals surface area contributed by atoms with Gasteiger partial charge in [0.2, 0.25) is 0 Å². The maximum atomic E-state index is 5.95. The van der Waals surface area contributed by atoms with Gasteiger partial charge in [-0.3, -0.25) is 0 Å². The average Bonchev–Trinajstić information content (AvgIpc) is 0.980. The van der Waals surface area contributed by atoms with E-state index in [1.807, 2.05) is 215 Å². The highest BCUT2D eigenvalue weighted by atomic mass is 79.9. The fourth-order valence-electron chi connectivity index (χ4n) is 9.43. The van der Waals surface area contributed by atoms with Crippen LogP contribution in [0, 0.1) is 5.92 Å². The van der Waals surface area contributed by atoms with Crippen molar-refractivity contribution in [3.05, 3.63) is 249 Å². The number of rotatable bonds is 6. The summed E-state index contributed by atoms with van der Waals surface area (Å²) in [7, 11) is 0. The lowest BCUT2D eigenvalue weighted by atomic mass is 9.79. The van der Waals surface area contributed by atoms with Gasteiger partial charge >= 0.3 is 0 Å². The van der Waals surface area contributed by atoms with E-state index in [9.17, 15) is 0 Å². The minimum atomic E-state index is 0. The number of fused-ring (bicyclic) bond motifs is 3. The molecule has 0 heterocycles. The molecule has 0 fully saturated rings. The van der Waals surface area contributed by atoms with E-state index in [0.717, 1.165) is 19.3 Å². The maximum Gasteiger partial charge on any atom is 0.0266 e. The molecular formula is C86H150Br4N4. The van der Waals surface area contributed by atoms with Crippen LogP contribution >= 0.6 is 63.7 Å². The molecule has 3 aliphatic carbocycles. The van der Waals surface area contributed by atoms with E-state index in [2.05, 4.69) is 241 Å². The second-order valence-corrected chi connectivity index (χ2v) is 19.7. The molecule has 0 spiro atoms. The number of nitrogens with two attached hydrogens (primary N) is 4. The van der Waals surface area contributed by atoms with Crippen molar-refractivity contribution in [3.63, 3.8) is 0 Å². The van der Waals surface area contributed by atoms with Crippen molar-refractivity contribution in [1.82, 2.24) is 0 Å². The van der Waals surface area contributed by atoms with Gasteiger partial charge in [0, 0.05) is 41.9 Å². The van der Waals surface area contributed by atoms with Crippen molar-refractivity contribution in [2.24, 2.45) is 28.9 Å². The summed E-state index contributed by atoms with van der Waals surface area (Å²) < 4.78 is 0. The van der Waals surface area contributed by atoms with Crippen molar-refractivity contribution < 1.29 is 0 Å². The fourth-order valence-corrected chi connectivity index (χ4v) is 9.43. The quantitative estimate of drug-likeness (QED) is 0.0985. The van der Waals surface area contributed by atoms with Gasteiger partial charge in [-0.05, 0) is 132 Å². The average molecular weight is 1560 g/mol. The number of allylic oxidation sites excluding steroid dienone is 4. The van der Waals surface area contributed by atoms with E-state index >= 15 is 0 Å². The number of benzene rings is 6. The second-order valence-electron chi connectivity index (χ2n) is 19.7. The highest BCUT2D eigenvalue weighted by Crippen LogP contribution is 2.36. The Kier molecular flexibility index (Phi) is 97.1. The fraction of sp³-hybridized carbons (Fsp3) is 0.512. The van der Waals surface area contributed by atoms with E-state index in [1.165, 1.54) is 61.2 Å². The Bertz CT molecular complexity index is 2220. The monoisotopic (exact) mass is 1550 g/mol. The molecule has 4 nitrogen and oxygen atoms in total. The van der Waals surface area contributed by atoms with Crippen LogP contribution in [0.5, 0.6) is 0 Å². The molecule has 94 heavy (non-hydrogen) atoms. The summed E-state index contributed by atoms with van der Waals surface area (Å²) in [6, 6.07) is 57.4. The predicted octanol–water partition coefficient (Wildman–Crippen LogP) is 28.3. The third-order valence-corrected chi connectivity index (χ3v) is 13.6. The molecule has 0 amide bonds. The first-order valence-corrected chi connectivity index (χ1v) is 41.4. The number of hydrogen-bond acceptors (Lipinski definition) is 4. The first-order chi connectivity index (χ1) is 45.0. The lowest BCUT2D eigenvalue weighted by Gasteiger charge is -2.26. The molecule has 0 saturated heterocycles. The van der Waals surface area contributed by atoms with E-state index in [-0.39, 0.29) is 31.6 Å². The molecule has 0 aliphatic heterocycles. The third kappa shape index (κ3) is 49.8. The number of alkyl halides is 4. The Hall–Kier alpha value is -3.70. The Morgan fingerprint density at radius 2 is 0.457 bits per heavy atom. The minimum Gasteiger partial charge on any atom is -0.324 e. The largest absolute Gasteiger partial charge is 0.324 e. The number of hydrogen-bond donors (Lipinski definition) is 4. The summed E-state index contributed by atoms with van der Waals surface area (Å²) in [5.41, 5.74) is 40.1. The van der Waals surface area contributed by atoms with Crippen molar-refractivity contribution in [2.75, 3.05) is 23.3 Å². The van der Waals surface area contributed by atoms with Crippen molar-refractivity contribution in [3.8, 4) is 0 Å². The molecule has 0 aromatic heterocycles. The minimum absolute atomic E-state index is 0. The van der Waals surface area contributed by atoms with Crippen molar-refractivity contribution >= 4 is 63.7 Å². The zero-order valence-electron chi connectivity index (χ0n) is 65.5. The normalized spacial score (nSPS) is 14.0. The lowest BCUT2D eigenvalue weighted by molar-refractivity contribution is 0.663. The summed E-state index contributed by atoms with van der Waals surface area (Å²) in [4.78, 5) is 0. The zero-order chi connectivity index (χ0) is 74.5. The third-order valence-electron chi connectivity index (χ3n) is 13.6. The van der Waals surface area contributed by atoms with Crippen LogP contribution in [0.3, 0.4) is 0 Å². The number of halogens is 4. The first-order valence-electron chi connectivity index (χ1n) is 35.0. The van der Waals surface area contributed by atoms with Crippen LogP contribution in [-0.2, 0) is 19.3 Å². The lowest BCUT2D eigenvalue weighted by Crippen LogP contribution is -2.24. The first kappa shape index (κ1) is 112. The van der Waals surface area contributed by atoms with Gasteiger partial charge in [0.25, 0.3) is 0 Å². The summed E-state index contributed by atoms with van der Waals surface area (Å²) in [6.07, 6.45) is 10.2. The molecular weight excluding hydrogens is 1410 g/mol. The van der Waals surface area contributed by atoms with Crippen LogP contribution in [0.4, 0.5) is 0 Å². The van der Waals surface area contributed by atoms with E-state index < -0.39 is 0 Å². The van der Waals surface area contributed by atoms with Crippen LogP contribution in [0.1, 0.15) is 280 Å².